The maximum absolute atomic E-state index is 16.3. The number of hydrogen-bond donors (Lipinski definition) is 1. The van der Waals surface area contributed by atoms with Gasteiger partial charge in [-0.1, -0.05) is 54.5 Å². The number of non-ortho nitro benzene ring substituents is 1. The molecule has 0 aromatic heterocycles. The lowest BCUT2D eigenvalue weighted by Gasteiger charge is -2.37. The molecule has 1 saturated heterocycles. The maximum Gasteiger partial charge on any atom is 0.269 e. The molecule has 252 valence electrons. The number of anilines is 1. The van der Waals surface area contributed by atoms with Gasteiger partial charge < -0.3 is 23.8 Å². The zero-order valence-electron chi connectivity index (χ0n) is 28.2. The Morgan fingerprint density at radius 2 is 1.87 bits per heavy atom. The number of nitrogens with zero attached hydrogens (tertiary/aromatic N) is 3. The van der Waals surface area contributed by atoms with Gasteiger partial charge in [-0.3, -0.25) is 19.7 Å². The molecule has 5 atom stereocenters. The van der Waals surface area contributed by atoms with Crippen molar-refractivity contribution in [2.45, 2.75) is 96.3 Å². The van der Waals surface area contributed by atoms with Gasteiger partial charge in [0, 0.05) is 42.2 Å². The van der Waals surface area contributed by atoms with Crippen LogP contribution < -0.4 is 4.90 Å². The van der Waals surface area contributed by atoms with Crippen molar-refractivity contribution in [3.05, 3.63) is 92.6 Å². The number of amides is 2. The summed E-state index contributed by atoms with van der Waals surface area (Å²) in [5.74, 6) is -1.37. The molecule has 2 aromatic rings. The minimum absolute atomic E-state index is 0.170. The second kappa shape index (κ2) is 13.4. The summed E-state index contributed by atoms with van der Waals surface area (Å²) in [6.07, 6.45) is 5.24. The Kier molecular flexibility index (Phi) is 9.91. The molecule has 5 rings (SSSR count). The third-order valence-electron chi connectivity index (χ3n) is 10.1. The fourth-order valence-corrected chi connectivity index (χ4v) is 10.3. The normalized spacial score (nSPS) is 25.6. The van der Waals surface area contributed by atoms with E-state index in [1.165, 1.54) is 17.7 Å². The van der Waals surface area contributed by atoms with Gasteiger partial charge in [0.15, 0.2) is 5.60 Å². The Labute approximate surface area is 277 Å². The summed E-state index contributed by atoms with van der Waals surface area (Å²) in [7, 11) is -3.58. The molecule has 0 unspecified atom stereocenters. The van der Waals surface area contributed by atoms with Crippen molar-refractivity contribution in [2.24, 2.45) is 5.92 Å². The zero-order valence-corrected chi connectivity index (χ0v) is 29.2. The van der Waals surface area contributed by atoms with E-state index in [1.54, 1.807) is 35.9 Å². The van der Waals surface area contributed by atoms with Gasteiger partial charge in [-0.05, 0) is 70.3 Å². The predicted molar refractivity (Wildman–Crippen MR) is 182 cm³/mol. The number of carbonyl (C=O) groups excluding carboxylic acids is 2. The van der Waals surface area contributed by atoms with E-state index in [2.05, 4.69) is 6.08 Å². The summed E-state index contributed by atoms with van der Waals surface area (Å²) in [6.45, 7) is 11.3. The Morgan fingerprint density at radius 1 is 1.17 bits per heavy atom. The average Bonchev–Trinajstić information content (AvgIpc) is 3.44. The number of hydrogen-bond acceptors (Lipinski definition) is 6. The predicted octanol–water partition coefficient (Wildman–Crippen LogP) is 6.75. The topological polar surface area (TPSA) is 113 Å². The third-order valence-corrected chi connectivity index (χ3v) is 12.6. The van der Waals surface area contributed by atoms with Crippen molar-refractivity contribution < 1.29 is 28.5 Å². The SMILES string of the molecule is CC(C)=CCC/C(C)=C/CN1C(=O)[C@]2(O[C@H](CC(=O)N3Cc4ccccc4C[C@H]3CO)[C@@H]([Si](C)(C)F)[C@@H]2C)c2cc([N+](=O)[O-])ccc21. The number of allylic oxidation sites excluding steroid dienone is 3. The van der Waals surface area contributed by atoms with Crippen LogP contribution >= 0.6 is 0 Å². The molecule has 2 aromatic carbocycles. The molecule has 11 heteroatoms. The first-order valence-electron chi connectivity index (χ1n) is 16.4. The molecule has 3 aliphatic heterocycles. The van der Waals surface area contributed by atoms with Gasteiger partial charge in [-0.15, -0.1) is 0 Å². The highest BCUT2D eigenvalue weighted by molar-refractivity contribution is 6.72. The van der Waals surface area contributed by atoms with E-state index in [1.807, 2.05) is 51.1 Å². The number of carbonyl (C=O) groups is 2. The minimum Gasteiger partial charge on any atom is -0.394 e. The van der Waals surface area contributed by atoms with Crippen LogP contribution in [0.25, 0.3) is 0 Å². The summed E-state index contributed by atoms with van der Waals surface area (Å²) in [5.41, 5.74) is 2.63. The van der Waals surface area contributed by atoms with Gasteiger partial charge in [0.1, 0.15) is 0 Å². The van der Waals surface area contributed by atoms with Gasteiger partial charge in [0.05, 0.1) is 35.8 Å². The van der Waals surface area contributed by atoms with Crippen LogP contribution in [0.1, 0.15) is 63.6 Å². The molecule has 2 amide bonds. The molecular formula is C36H46FN3O6Si. The minimum atomic E-state index is -3.58. The van der Waals surface area contributed by atoms with Crippen molar-refractivity contribution >= 4 is 31.6 Å². The van der Waals surface area contributed by atoms with Gasteiger partial charge >= 0.3 is 0 Å². The lowest BCUT2D eigenvalue weighted by molar-refractivity contribution is -0.385. The van der Waals surface area contributed by atoms with E-state index in [0.717, 1.165) is 29.5 Å². The largest absolute Gasteiger partial charge is 0.394 e. The summed E-state index contributed by atoms with van der Waals surface area (Å²) in [4.78, 5) is 43.2. The standard InChI is InChI=1S/C36H46FN3O6Si/c1-23(2)10-9-11-24(3)16-17-38-31-15-14-28(40(44)45)19-30(31)36(35(38)43)25(4)34(47(5,6)37)32(46-36)20-33(42)39-21-27-13-8-7-12-26(27)18-29(39)22-41/h7-8,10,12-16,19,25,29,32,34,41H,9,11,17-18,20-22H2,1-6H3/b24-16+/t25-,29-,32+,34-,36+/m0/s1. The molecule has 9 nitrogen and oxygen atoms in total. The number of fused-ring (bicyclic) bond motifs is 3. The molecule has 3 heterocycles. The Hall–Kier alpha value is -3.67. The number of nitro groups is 1. The average molecular weight is 664 g/mol. The lowest BCUT2D eigenvalue weighted by atomic mass is 9.82. The van der Waals surface area contributed by atoms with Gasteiger partial charge in [-0.25, -0.2) is 0 Å². The summed E-state index contributed by atoms with van der Waals surface area (Å²) < 4.78 is 23.1. The number of rotatable bonds is 10. The second-order valence-corrected chi connectivity index (χ2v) is 17.8. The molecule has 3 aliphatic rings. The number of nitro benzene ring substituents is 1. The molecule has 0 bridgehead atoms. The van der Waals surface area contributed by atoms with E-state index >= 15 is 4.11 Å². The van der Waals surface area contributed by atoms with Crippen LogP contribution in [0.4, 0.5) is 15.5 Å². The number of aliphatic hydroxyl groups is 1. The van der Waals surface area contributed by atoms with Crippen LogP contribution in [-0.4, -0.2) is 60.4 Å². The fourth-order valence-electron chi connectivity index (χ4n) is 7.80. The maximum atomic E-state index is 16.3. The van der Waals surface area contributed by atoms with Gasteiger partial charge in [0.2, 0.25) is 14.3 Å². The van der Waals surface area contributed by atoms with Crippen molar-refractivity contribution in [1.82, 2.24) is 4.90 Å². The number of aliphatic hydroxyl groups excluding tert-OH is 1. The van der Waals surface area contributed by atoms with Crippen molar-refractivity contribution in [3.63, 3.8) is 0 Å². The van der Waals surface area contributed by atoms with Gasteiger partial charge in [0.25, 0.3) is 11.6 Å². The smallest absolute Gasteiger partial charge is 0.269 e. The van der Waals surface area contributed by atoms with Crippen molar-refractivity contribution in [2.75, 3.05) is 18.1 Å². The van der Waals surface area contributed by atoms with Crippen molar-refractivity contribution in [3.8, 4) is 0 Å². The Morgan fingerprint density at radius 3 is 2.51 bits per heavy atom. The highest BCUT2D eigenvalue weighted by atomic mass is 28.4. The van der Waals surface area contributed by atoms with Crippen LogP contribution in [0.3, 0.4) is 0 Å². The van der Waals surface area contributed by atoms with Crippen molar-refractivity contribution in [1.29, 1.82) is 0 Å². The highest BCUT2D eigenvalue weighted by Gasteiger charge is 2.67. The zero-order chi connectivity index (χ0) is 34.3. The quantitative estimate of drug-likeness (QED) is 0.0990. The number of halogens is 1. The van der Waals surface area contributed by atoms with Crippen LogP contribution in [0.5, 0.6) is 0 Å². The van der Waals surface area contributed by atoms with Crippen LogP contribution in [0, 0.1) is 16.0 Å². The first-order chi connectivity index (χ1) is 22.2. The van der Waals surface area contributed by atoms with E-state index in [-0.39, 0.29) is 31.2 Å². The van der Waals surface area contributed by atoms with Crippen LogP contribution in [0.2, 0.25) is 18.6 Å². The summed E-state index contributed by atoms with van der Waals surface area (Å²) in [6, 6.07) is 11.7. The molecule has 0 aliphatic carbocycles. The molecule has 0 radical (unpaired) electrons. The number of ether oxygens (including phenoxy) is 1. The molecular weight excluding hydrogens is 617 g/mol. The van der Waals surface area contributed by atoms with Crippen LogP contribution in [-0.2, 0) is 32.9 Å². The summed E-state index contributed by atoms with van der Waals surface area (Å²) in [5, 5.41) is 22.1. The Bertz CT molecular complexity index is 1620. The molecule has 0 saturated carbocycles. The lowest BCUT2D eigenvalue weighted by Crippen LogP contribution is -2.48. The fraction of sp³-hybridized carbons (Fsp3) is 0.500. The van der Waals surface area contributed by atoms with E-state index < -0.39 is 48.4 Å². The highest BCUT2D eigenvalue weighted by Crippen LogP contribution is 2.60. The molecule has 1 fully saturated rings. The molecule has 47 heavy (non-hydrogen) atoms. The van der Waals surface area contributed by atoms with E-state index in [4.69, 9.17) is 4.74 Å². The van der Waals surface area contributed by atoms with E-state index in [9.17, 15) is 24.8 Å². The summed E-state index contributed by atoms with van der Waals surface area (Å²) >= 11 is 0. The van der Waals surface area contributed by atoms with E-state index in [0.29, 0.717) is 24.2 Å². The van der Waals surface area contributed by atoms with Gasteiger partial charge in [-0.2, -0.15) is 0 Å². The monoisotopic (exact) mass is 663 g/mol. The first kappa shape index (κ1) is 34.7. The Balaban J connectivity index is 1.50. The molecule has 1 spiro atoms. The number of benzene rings is 2. The third kappa shape index (κ3) is 6.57. The van der Waals surface area contributed by atoms with Crippen LogP contribution in [0.15, 0.2) is 65.8 Å². The second-order valence-electron chi connectivity index (χ2n) is 14.1. The molecule has 1 N–H and O–H groups in total. The first-order valence-corrected chi connectivity index (χ1v) is 19.4.